The standard InChI is InChI=1S/C57H37N5/c1-5-18-38(19-6-1)42-26-17-27-44(36-42)56-58-55(41-24-11-4-12-25-41)59-57(60-56)62-49-30-15-13-28-45(49)46-33-35-52-53(54(46)62)47-29-14-16-31-50(47)61(52)51-34-32-43(39-20-7-2-8-21-39)37-48(51)40-22-9-3-10-23-40/h1-37H. The molecular formula is C57H37N5. The maximum absolute atomic E-state index is 5.38. The monoisotopic (exact) mass is 791 g/mol. The summed E-state index contributed by atoms with van der Waals surface area (Å²) in [5.74, 6) is 1.78. The Bertz CT molecular complexity index is 3610. The van der Waals surface area contributed by atoms with E-state index in [1.807, 2.05) is 24.3 Å². The topological polar surface area (TPSA) is 48.5 Å². The molecule has 0 spiro atoms. The molecule has 0 unspecified atom stereocenters. The van der Waals surface area contributed by atoms with Gasteiger partial charge in [0.1, 0.15) is 0 Å². The van der Waals surface area contributed by atoms with Gasteiger partial charge in [-0.1, -0.05) is 188 Å². The zero-order valence-electron chi connectivity index (χ0n) is 33.6. The quantitative estimate of drug-likeness (QED) is 0.162. The summed E-state index contributed by atoms with van der Waals surface area (Å²) in [6, 6.07) is 79.3. The molecule has 0 saturated heterocycles. The van der Waals surface area contributed by atoms with Crippen LogP contribution in [0.5, 0.6) is 0 Å². The van der Waals surface area contributed by atoms with E-state index < -0.39 is 0 Å². The molecule has 62 heavy (non-hydrogen) atoms. The molecule has 9 aromatic carbocycles. The number of nitrogens with zero attached hydrogens (tertiary/aromatic N) is 5. The Kier molecular flexibility index (Phi) is 8.42. The molecule has 0 radical (unpaired) electrons. The van der Waals surface area contributed by atoms with Crippen LogP contribution in [0.3, 0.4) is 0 Å². The predicted octanol–water partition coefficient (Wildman–Crippen LogP) is 14.4. The SMILES string of the molecule is c1ccc(-c2cccc(-c3nc(-c4ccccc4)nc(-n4c5ccccc5c5ccc6c(c7ccccc7n6-c6ccc(-c7ccccc7)cc6-c6ccccc6)c54)n3)c2)cc1. The van der Waals surface area contributed by atoms with Crippen LogP contribution in [0.15, 0.2) is 224 Å². The molecule has 5 nitrogen and oxygen atoms in total. The first-order chi connectivity index (χ1) is 30.8. The van der Waals surface area contributed by atoms with Gasteiger partial charge in [-0.25, -0.2) is 4.98 Å². The molecule has 5 heteroatoms. The van der Waals surface area contributed by atoms with Crippen molar-refractivity contribution in [3.05, 3.63) is 224 Å². The number of aromatic nitrogens is 5. The molecule has 0 amide bonds. The highest BCUT2D eigenvalue weighted by Crippen LogP contribution is 2.44. The molecule has 0 aliphatic rings. The molecule has 12 rings (SSSR count). The Morgan fingerprint density at radius 1 is 0.290 bits per heavy atom. The van der Waals surface area contributed by atoms with Crippen molar-refractivity contribution in [3.8, 4) is 67.8 Å². The summed E-state index contributed by atoms with van der Waals surface area (Å²) in [7, 11) is 0. The van der Waals surface area contributed by atoms with Crippen LogP contribution in [0.25, 0.3) is 111 Å². The lowest BCUT2D eigenvalue weighted by atomic mass is 9.97. The summed E-state index contributed by atoms with van der Waals surface area (Å²) in [4.78, 5) is 15.9. The fraction of sp³-hybridized carbons (Fsp3) is 0. The Balaban J connectivity index is 1.16. The van der Waals surface area contributed by atoms with Crippen LogP contribution in [0.2, 0.25) is 0 Å². The van der Waals surface area contributed by atoms with Gasteiger partial charge >= 0.3 is 0 Å². The lowest BCUT2D eigenvalue weighted by Gasteiger charge is -2.16. The van der Waals surface area contributed by atoms with Gasteiger partial charge in [0.25, 0.3) is 0 Å². The van der Waals surface area contributed by atoms with Crippen molar-refractivity contribution >= 4 is 43.6 Å². The van der Waals surface area contributed by atoms with Crippen molar-refractivity contribution in [1.29, 1.82) is 0 Å². The van der Waals surface area contributed by atoms with E-state index in [-0.39, 0.29) is 0 Å². The second kappa shape index (κ2) is 14.7. The van der Waals surface area contributed by atoms with Gasteiger partial charge in [0, 0.05) is 38.2 Å². The predicted molar refractivity (Wildman–Crippen MR) is 256 cm³/mol. The minimum atomic E-state index is 0.562. The molecule has 0 saturated carbocycles. The van der Waals surface area contributed by atoms with E-state index in [9.17, 15) is 0 Å². The average molecular weight is 792 g/mol. The molecule has 290 valence electrons. The molecule has 0 aliphatic carbocycles. The van der Waals surface area contributed by atoms with Crippen LogP contribution in [0.1, 0.15) is 0 Å². The maximum atomic E-state index is 5.38. The zero-order valence-corrected chi connectivity index (χ0v) is 33.6. The first-order valence-corrected chi connectivity index (χ1v) is 21.0. The first-order valence-electron chi connectivity index (χ1n) is 21.0. The van der Waals surface area contributed by atoms with Gasteiger partial charge in [-0.05, 0) is 64.2 Å². The summed E-state index contributed by atoms with van der Waals surface area (Å²) in [5.41, 5.74) is 14.1. The molecule has 12 aromatic rings. The van der Waals surface area contributed by atoms with Crippen molar-refractivity contribution in [2.45, 2.75) is 0 Å². The molecule has 0 aliphatic heterocycles. The Morgan fingerprint density at radius 3 is 1.48 bits per heavy atom. The van der Waals surface area contributed by atoms with Crippen molar-refractivity contribution < 1.29 is 0 Å². The van der Waals surface area contributed by atoms with Gasteiger partial charge in [0.05, 0.1) is 27.8 Å². The Morgan fingerprint density at radius 2 is 0.806 bits per heavy atom. The normalized spacial score (nSPS) is 11.5. The molecule has 0 bridgehead atoms. The van der Waals surface area contributed by atoms with Crippen molar-refractivity contribution in [3.63, 3.8) is 0 Å². The van der Waals surface area contributed by atoms with Gasteiger partial charge < -0.3 is 4.57 Å². The summed E-state index contributed by atoms with van der Waals surface area (Å²) in [6.07, 6.45) is 0. The number of benzene rings is 9. The smallest absolute Gasteiger partial charge is 0.238 e. The third kappa shape index (κ3) is 5.90. The summed E-state index contributed by atoms with van der Waals surface area (Å²) in [5, 5.41) is 4.55. The third-order valence-electron chi connectivity index (χ3n) is 12.0. The van der Waals surface area contributed by atoms with Crippen LogP contribution >= 0.6 is 0 Å². The van der Waals surface area contributed by atoms with E-state index in [2.05, 4.69) is 209 Å². The largest absolute Gasteiger partial charge is 0.309 e. The summed E-state index contributed by atoms with van der Waals surface area (Å²) in [6.45, 7) is 0. The zero-order chi connectivity index (χ0) is 41.0. The highest BCUT2D eigenvalue weighted by molar-refractivity contribution is 6.26. The van der Waals surface area contributed by atoms with Crippen molar-refractivity contribution in [2.24, 2.45) is 0 Å². The van der Waals surface area contributed by atoms with Gasteiger partial charge in [0.2, 0.25) is 5.95 Å². The van der Waals surface area contributed by atoms with E-state index in [0.717, 1.165) is 82.7 Å². The molecule has 3 heterocycles. The summed E-state index contributed by atoms with van der Waals surface area (Å²) >= 11 is 0. The summed E-state index contributed by atoms with van der Waals surface area (Å²) < 4.78 is 4.70. The maximum Gasteiger partial charge on any atom is 0.238 e. The Labute approximate surface area is 358 Å². The molecular weight excluding hydrogens is 755 g/mol. The van der Waals surface area contributed by atoms with Crippen LogP contribution in [-0.4, -0.2) is 24.1 Å². The number of fused-ring (bicyclic) bond motifs is 7. The third-order valence-corrected chi connectivity index (χ3v) is 12.0. The highest BCUT2D eigenvalue weighted by Gasteiger charge is 2.24. The van der Waals surface area contributed by atoms with E-state index in [4.69, 9.17) is 15.0 Å². The molecule has 0 N–H and O–H groups in total. The van der Waals surface area contributed by atoms with Gasteiger partial charge in [-0.3, -0.25) is 4.57 Å². The Hall–Kier alpha value is -8.41. The van der Waals surface area contributed by atoms with Crippen LogP contribution in [0, 0.1) is 0 Å². The fourth-order valence-corrected chi connectivity index (χ4v) is 9.14. The van der Waals surface area contributed by atoms with Gasteiger partial charge in [0.15, 0.2) is 11.6 Å². The molecule has 0 atom stereocenters. The number of hydrogen-bond donors (Lipinski definition) is 0. The molecule has 3 aromatic heterocycles. The van der Waals surface area contributed by atoms with Gasteiger partial charge in [-0.2, -0.15) is 9.97 Å². The van der Waals surface area contributed by atoms with Crippen LogP contribution in [0.4, 0.5) is 0 Å². The number of hydrogen-bond acceptors (Lipinski definition) is 3. The van der Waals surface area contributed by atoms with E-state index in [0.29, 0.717) is 17.6 Å². The lowest BCUT2D eigenvalue weighted by molar-refractivity contribution is 0.955. The average Bonchev–Trinajstić information content (AvgIpc) is 3.88. The van der Waals surface area contributed by atoms with Crippen molar-refractivity contribution in [1.82, 2.24) is 24.1 Å². The van der Waals surface area contributed by atoms with E-state index in [1.165, 1.54) is 11.1 Å². The van der Waals surface area contributed by atoms with Crippen LogP contribution < -0.4 is 0 Å². The number of rotatable bonds is 7. The second-order valence-corrected chi connectivity index (χ2v) is 15.6. The minimum Gasteiger partial charge on any atom is -0.309 e. The highest BCUT2D eigenvalue weighted by atomic mass is 15.2. The molecule has 0 fully saturated rings. The number of para-hydroxylation sites is 2. The van der Waals surface area contributed by atoms with Crippen molar-refractivity contribution in [2.75, 3.05) is 0 Å². The van der Waals surface area contributed by atoms with Crippen LogP contribution in [-0.2, 0) is 0 Å². The first kappa shape index (κ1) is 35.5. The van der Waals surface area contributed by atoms with Gasteiger partial charge in [-0.15, -0.1) is 0 Å². The van der Waals surface area contributed by atoms with E-state index >= 15 is 0 Å². The second-order valence-electron chi connectivity index (χ2n) is 15.6. The fourth-order valence-electron chi connectivity index (χ4n) is 9.14. The van der Waals surface area contributed by atoms with E-state index in [1.54, 1.807) is 0 Å². The minimum absolute atomic E-state index is 0.562. The lowest BCUT2D eigenvalue weighted by Crippen LogP contribution is -2.06.